The number of phenolic OH excluding ortho intramolecular Hbond substituents is 1. The van der Waals surface area contributed by atoms with Crippen molar-refractivity contribution in [3.63, 3.8) is 0 Å². The molecule has 0 saturated heterocycles. The van der Waals surface area contributed by atoms with Gasteiger partial charge in [0.15, 0.2) is 0 Å². The van der Waals surface area contributed by atoms with Crippen molar-refractivity contribution in [1.29, 1.82) is 0 Å². The molecule has 2 aromatic rings. The number of halogens is 2. The smallest absolute Gasteiger partial charge is 0.410 e. The molecule has 1 saturated carbocycles. The van der Waals surface area contributed by atoms with E-state index in [-0.39, 0.29) is 68.8 Å². The van der Waals surface area contributed by atoms with Crippen LogP contribution < -0.4 is 4.74 Å². The van der Waals surface area contributed by atoms with Gasteiger partial charge in [-0.05, 0) is 99.8 Å². The van der Waals surface area contributed by atoms with E-state index in [1.807, 2.05) is 20.8 Å². The number of alkyl halides is 1. The number of aromatic hydroxyl groups is 1. The first-order valence-electron chi connectivity index (χ1n) is 18.7. The average molecular weight is 757 g/mol. The number of ether oxygens (including phenoxy) is 3. The van der Waals surface area contributed by atoms with Crippen LogP contribution in [0.4, 0.5) is 9.18 Å². The second kappa shape index (κ2) is 18.1. The van der Waals surface area contributed by atoms with E-state index in [2.05, 4.69) is 12.7 Å². The molecular formula is C41H54ClFN2O8. The lowest BCUT2D eigenvalue weighted by Crippen LogP contribution is -2.70. The third-order valence-electron chi connectivity index (χ3n) is 10.3. The molecule has 0 radical (unpaired) electrons. The van der Waals surface area contributed by atoms with Gasteiger partial charge in [0.1, 0.15) is 35.6 Å². The van der Waals surface area contributed by atoms with Crippen molar-refractivity contribution in [3.05, 3.63) is 83.7 Å². The topological polar surface area (TPSA) is 130 Å². The highest BCUT2D eigenvalue weighted by atomic mass is 35.5. The van der Waals surface area contributed by atoms with Crippen LogP contribution in [0.1, 0.15) is 82.8 Å². The Hall–Kier alpha value is -3.64. The number of allylic oxidation sites excluding steroid dienone is 1. The van der Waals surface area contributed by atoms with Gasteiger partial charge in [-0.1, -0.05) is 42.3 Å². The number of carbonyl (C=O) groups excluding carboxylic acids is 1. The van der Waals surface area contributed by atoms with Crippen LogP contribution in [0.25, 0.3) is 0 Å². The highest BCUT2D eigenvalue weighted by Crippen LogP contribution is 2.62. The highest BCUT2D eigenvalue weighted by molar-refractivity contribution is 6.18. The maximum absolute atomic E-state index is 14.2. The van der Waals surface area contributed by atoms with E-state index in [4.69, 9.17) is 35.8 Å². The van der Waals surface area contributed by atoms with E-state index in [0.717, 1.165) is 36.8 Å². The Morgan fingerprint density at radius 3 is 2.49 bits per heavy atom. The van der Waals surface area contributed by atoms with Crippen molar-refractivity contribution in [2.24, 2.45) is 22.9 Å². The Kier molecular flexibility index (Phi) is 13.9. The standard InChI is InChI=1S/C41H54ClFN2O8/c1-5-21-51-41-36(45(39(49)50-22-18-42)26-27-12-14-29(43)15-13-27)25-34(44-53-40(2,3)4)32-23-28(10-6-8-19-46)31(11-7-9-20-47)37(38(32)41)33-24-30(48)16-17-35(33)52-41/h5,12-17,23-24,28,31,36-38,46-48H,1,6-11,18-22,25-26H2,2-4H3/t28-,31+,36-,37+,38+,41+/m0/s1. The first-order chi connectivity index (χ1) is 25.5. The summed E-state index contributed by atoms with van der Waals surface area (Å²) < 4.78 is 33.8. The molecule has 6 atom stereocenters. The van der Waals surface area contributed by atoms with E-state index in [1.54, 1.807) is 41.3 Å². The number of rotatable bonds is 17. The van der Waals surface area contributed by atoms with Crippen molar-refractivity contribution in [3.8, 4) is 11.5 Å². The van der Waals surface area contributed by atoms with Crippen LogP contribution in [0, 0.1) is 23.6 Å². The second-order valence-electron chi connectivity index (χ2n) is 15.1. The molecule has 3 aliphatic rings. The van der Waals surface area contributed by atoms with Gasteiger partial charge in [0.05, 0.1) is 24.1 Å². The maximum atomic E-state index is 14.2. The van der Waals surface area contributed by atoms with Crippen LogP contribution in [-0.4, -0.2) is 81.8 Å². The van der Waals surface area contributed by atoms with Gasteiger partial charge < -0.3 is 34.4 Å². The summed E-state index contributed by atoms with van der Waals surface area (Å²) in [7, 11) is 0. The largest absolute Gasteiger partial charge is 0.508 e. The highest BCUT2D eigenvalue weighted by Gasteiger charge is 2.65. The number of nitrogens with zero attached hydrogens (tertiary/aromatic N) is 2. The molecule has 1 aliphatic heterocycles. The van der Waals surface area contributed by atoms with Crippen molar-refractivity contribution < 1.29 is 43.6 Å². The molecule has 0 bridgehead atoms. The molecule has 290 valence electrons. The van der Waals surface area contributed by atoms with Gasteiger partial charge in [0.2, 0.25) is 5.79 Å². The minimum atomic E-state index is -1.51. The fourth-order valence-electron chi connectivity index (χ4n) is 8.15. The Morgan fingerprint density at radius 1 is 1.11 bits per heavy atom. The average Bonchev–Trinajstić information content (AvgIpc) is 3.13. The second-order valence-corrected chi connectivity index (χ2v) is 15.4. The number of fused-ring (bicyclic) bond motifs is 2. The first-order valence-corrected chi connectivity index (χ1v) is 19.2. The number of hydrogen-bond acceptors (Lipinski definition) is 9. The third-order valence-corrected chi connectivity index (χ3v) is 10.4. The van der Waals surface area contributed by atoms with Crippen molar-refractivity contribution in [2.75, 3.05) is 32.3 Å². The zero-order valence-electron chi connectivity index (χ0n) is 31.0. The molecule has 0 aromatic heterocycles. The number of benzene rings is 2. The first kappa shape index (κ1) is 40.5. The number of unbranched alkanes of at least 4 members (excludes halogenated alkanes) is 2. The lowest BCUT2D eigenvalue weighted by molar-refractivity contribution is -0.256. The lowest BCUT2D eigenvalue weighted by atomic mass is 9.55. The molecule has 2 aliphatic carbocycles. The van der Waals surface area contributed by atoms with Crippen LogP contribution in [-0.2, 0) is 20.9 Å². The number of aliphatic hydroxyl groups excluding tert-OH is 2. The summed E-state index contributed by atoms with van der Waals surface area (Å²) in [6, 6.07) is 10.1. The fourth-order valence-corrected chi connectivity index (χ4v) is 8.22. The van der Waals surface area contributed by atoms with Crippen LogP contribution in [0.5, 0.6) is 11.5 Å². The van der Waals surface area contributed by atoms with E-state index in [0.29, 0.717) is 29.9 Å². The number of phenols is 1. The van der Waals surface area contributed by atoms with Gasteiger partial charge >= 0.3 is 6.09 Å². The molecule has 1 amide bonds. The number of aliphatic hydroxyl groups is 2. The zero-order chi connectivity index (χ0) is 38.2. The number of hydrogen-bond donors (Lipinski definition) is 3. The van der Waals surface area contributed by atoms with Gasteiger partial charge in [-0.2, -0.15) is 0 Å². The Labute approximate surface area is 317 Å². The Morgan fingerprint density at radius 2 is 1.83 bits per heavy atom. The summed E-state index contributed by atoms with van der Waals surface area (Å²) in [5, 5.41) is 35.2. The molecule has 12 heteroatoms. The van der Waals surface area contributed by atoms with Gasteiger partial charge in [-0.3, -0.25) is 4.90 Å². The molecule has 3 N–H and O–H groups in total. The minimum absolute atomic E-state index is 0.00225. The van der Waals surface area contributed by atoms with Crippen LogP contribution >= 0.6 is 11.6 Å². The molecule has 0 spiro atoms. The number of carbonyl (C=O) groups is 1. The fraction of sp³-hybridized carbons (Fsp3) is 0.561. The third kappa shape index (κ3) is 9.36. The zero-order valence-corrected chi connectivity index (χ0v) is 31.8. The summed E-state index contributed by atoms with van der Waals surface area (Å²) in [6.07, 6.45) is 7.79. The molecule has 10 nitrogen and oxygen atoms in total. The normalized spacial score (nSPS) is 25.5. The van der Waals surface area contributed by atoms with E-state index in [9.17, 15) is 24.5 Å². The molecule has 53 heavy (non-hydrogen) atoms. The maximum Gasteiger partial charge on any atom is 0.410 e. The molecule has 1 fully saturated rings. The van der Waals surface area contributed by atoms with Gasteiger partial charge in [0, 0.05) is 37.7 Å². The van der Waals surface area contributed by atoms with E-state index in [1.165, 1.54) is 12.1 Å². The molecule has 2 aromatic carbocycles. The molecular weight excluding hydrogens is 703 g/mol. The van der Waals surface area contributed by atoms with Crippen LogP contribution in [0.2, 0.25) is 0 Å². The number of oxime groups is 1. The monoisotopic (exact) mass is 756 g/mol. The van der Waals surface area contributed by atoms with Crippen molar-refractivity contribution >= 4 is 23.4 Å². The summed E-state index contributed by atoms with van der Waals surface area (Å²) in [4.78, 5) is 21.9. The summed E-state index contributed by atoms with van der Waals surface area (Å²) in [5.74, 6) is -2.02. The molecule has 0 unspecified atom stereocenters. The van der Waals surface area contributed by atoms with Gasteiger partial charge in [-0.25, -0.2) is 9.18 Å². The molecule has 1 heterocycles. The predicted octanol–water partition coefficient (Wildman–Crippen LogP) is 7.84. The number of amides is 1. The quantitative estimate of drug-likeness (QED) is 0.0645. The van der Waals surface area contributed by atoms with Crippen molar-refractivity contribution in [1.82, 2.24) is 4.90 Å². The molecule has 5 rings (SSSR count). The Bertz CT molecular complexity index is 1610. The van der Waals surface area contributed by atoms with Crippen molar-refractivity contribution in [2.45, 2.75) is 95.6 Å². The summed E-state index contributed by atoms with van der Waals surface area (Å²) in [6.45, 7) is 9.92. The van der Waals surface area contributed by atoms with E-state index < -0.39 is 35.3 Å². The van der Waals surface area contributed by atoms with Gasteiger partial charge in [0.25, 0.3) is 0 Å². The summed E-state index contributed by atoms with van der Waals surface area (Å²) in [5.41, 5.74) is 2.33. The Balaban J connectivity index is 1.79. The SMILES string of the molecule is C=CCO[C@@]12Oc3ccc(O)cc3[C@H]3[C@H](CCCCO)[C@@H](CCCCO)C=C(C(=NOC(C)(C)C)C[C@@H]1N(Cc1ccc(F)cc1)C(=O)OCCCl)[C@H]32. The van der Waals surface area contributed by atoms with Gasteiger partial charge in [-0.15, -0.1) is 18.2 Å². The predicted molar refractivity (Wildman–Crippen MR) is 201 cm³/mol. The summed E-state index contributed by atoms with van der Waals surface area (Å²) >= 11 is 6.00. The van der Waals surface area contributed by atoms with Crippen LogP contribution in [0.3, 0.4) is 0 Å². The lowest BCUT2D eigenvalue weighted by Gasteiger charge is -2.59. The van der Waals surface area contributed by atoms with E-state index >= 15 is 0 Å². The van der Waals surface area contributed by atoms with Crippen LogP contribution in [0.15, 0.2) is 71.9 Å². The minimum Gasteiger partial charge on any atom is -0.508 e.